The molecule has 14 heteroatoms. The van der Waals surface area contributed by atoms with Gasteiger partial charge in [0, 0.05) is 19.0 Å². The van der Waals surface area contributed by atoms with Crippen molar-refractivity contribution in [3.63, 3.8) is 0 Å². The molecule has 3 amide bonds. The van der Waals surface area contributed by atoms with E-state index < -0.39 is 54.5 Å². The molecule has 0 rings (SSSR count). The number of carbonyl (C=O) groups excluding carboxylic acids is 3. The van der Waals surface area contributed by atoms with E-state index >= 15 is 0 Å². The van der Waals surface area contributed by atoms with Gasteiger partial charge in [-0.3, -0.25) is 14.4 Å². The molecule has 0 aromatic rings. The van der Waals surface area contributed by atoms with Gasteiger partial charge in [-0.25, -0.2) is 4.79 Å². The molecular weight excluding hydrogens is 416 g/mol. The number of nitrogens with one attached hydrogen (secondary N) is 3. The number of rotatable bonds is 11. The molecule has 168 valence electrons. The number of aliphatic carboxylic acids is 1. The number of halogens is 6. The zero-order chi connectivity index (χ0) is 22.8. The van der Waals surface area contributed by atoms with Crippen LogP contribution in [0, 0.1) is 5.92 Å². The van der Waals surface area contributed by atoms with Crippen LogP contribution in [-0.2, 0) is 19.2 Å². The average molecular weight is 437 g/mol. The molecular formula is C15H21F6N3O5. The summed E-state index contributed by atoms with van der Waals surface area (Å²) >= 11 is 0. The first kappa shape index (κ1) is 26.5. The minimum atomic E-state index is -5.06. The van der Waals surface area contributed by atoms with Gasteiger partial charge in [0.25, 0.3) is 0 Å². The Morgan fingerprint density at radius 3 is 1.62 bits per heavy atom. The van der Waals surface area contributed by atoms with Crippen molar-refractivity contribution < 1.29 is 50.6 Å². The lowest BCUT2D eigenvalue weighted by Crippen LogP contribution is -2.44. The number of alkyl halides is 6. The highest BCUT2D eigenvalue weighted by molar-refractivity contribution is 5.85. The van der Waals surface area contributed by atoms with Crippen molar-refractivity contribution in [2.45, 2.75) is 51.0 Å². The van der Waals surface area contributed by atoms with E-state index in [-0.39, 0.29) is 32.2 Å². The van der Waals surface area contributed by atoms with E-state index in [9.17, 15) is 45.5 Å². The highest BCUT2D eigenvalue weighted by atomic mass is 19.4. The van der Waals surface area contributed by atoms with Crippen molar-refractivity contribution >= 4 is 23.7 Å². The molecule has 0 aliphatic carbocycles. The summed E-state index contributed by atoms with van der Waals surface area (Å²) in [4.78, 5) is 44.3. The zero-order valence-electron chi connectivity index (χ0n) is 15.2. The molecule has 29 heavy (non-hydrogen) atoms. The Hall–Kier alpha value is -2.54. The van der Waals surface area contributed by atoms with Crippen molar-refractivity contribution in [2.24, 2.45) is 5.92 Å². The molecule has 0 saturated heterocycles. The number of carboxylic acids is 1. The predicted octanol–water partition coefficient (Wildman–Crippen LogP) is 1.11. The SMILES string of the molecule is C[C@@H](CCCNC(=O)C(F)(F)F)C(=O)N[C@@H](CCCNC(=O)C(F)(F)F)C(=O)O. The number of hydrogen-bond acceptors (Lipinski definition) is 4. The highest BCUT2D eigenvalue weighted by Gasteiger charge is 2.38. The Labute approximate surface area is 161 Å². The lowest BCUT2D eigenvalue weighted by atomic mass is 10.0. The highest BCUT2D eigenvalue weighted by Crippen LogP contribution is 2.15. The van der Waals surface area contributed by atoms with Crippen LogP contribution in [0.1, 0.15) is 32.6 Å². The Morgan fingerprint density at radius 2 is 1.24 bits per heavy atom. The number of amides is 3. The lowest BCUT2D eigenvalue weighted by Gasteiger charge is -2.18. The third-order valence-electron chi connectivity index (χ3n) is 3.63. The van der Waals surface area contributed by atoms with Crippen molar-refractivity contribution in [1.29, 1.82) is 0 Å². The van der Waals surface area contributed by atoms with Crippen LogP contribution in [0.25, 0.3) is 0 Å². The molecule has 0 spiro atoms. The van der Waals surface area contributed by atoms with Crippen LogP contribution in [-0.4, -0.2) is 60.3 Å². The fourth-order valence-electron chi connectivity index (χ4n) is 2.02. The monoisotopic (exact) mass is 437 g/mol. The van der Waals surface area contributed by atoms with Crippen LogP contribution in [0.5, 0.6) is 0 Å². The molecule has 0 bridgehead atoms. The summed E-state index contributed by atoms with van der Waals surface area (Å²) < 4.78 is 72.0. The van der Waals surface area contributed by atoms with Crippen LogP contribution in [0.15, 0.2) is 0 Å². The fourth-order valence-corrected chi connectivity index (χ4v) is 2.02. The van der Waals surface area contributed by atoms with Gasteiger partial charge in [-0.15, -0.1) is 0 Å². The molecule has 0 aliphatic rings. The molecule has 0 radical (unpaired) electrons. The number of carboxylic acid groups (broad SMARTS) is 1. The van der Waals surface area contributed by atoms with E-state index in [0.29, 0.717) is 0 Å². The van der Waals surface area contributed by atoms with Gasteiger partial charge in [-0.05, 0) is 25.7 Å². The molecule has 0 heterocycles. The largest absolute Gasteiger partial charge is 0.480 e. The van der Waals surface area contributed by atoms with E-state index in [4.69, 9.17) is 5.11 Å². The van der Waals surface area contributed by atoms with Crippen molar-refractivity contribution in [3.05, 3.63) is 0 Å². The lowest BCUT2D eigenvalue weighted by molar-refractivity contribution is -0.173. The van der Waals surface area contributed by atoms with Gasteiger partial charge in [0.15, 0.2) is 0 Å². The van der Waals surface area contributed by atoms with Gasteiger partial charge in [0.1, 0.15) is 6.04 Å². The summed E-state index contributed by atoms with van der Waals surface area (Å²) in [5.74, 6) is -7.23. The maximum atomic E-state index is 12.0. The standard InChI is InChI=1S/C15H21F6N3O5/c1-8(4-2-6-22-12(28)14(16,17)18)10(25)24-9(11(26)27)5-3-7-23-13(29)15(19,20)21/h8-9H,2-7H2,1H3,(H,22,28)(H,23,29)(H,24,25)(H,26,27)/t8-,9-/m0/s1. The van der Waals surface area contributed by atoms with Gasteiger partial charge >= 0.3 is 30.1 Å². The smallest absolute Gasteiger partial charge is 0.471 e. The summed E-state index contributed by atoms with van der Waals surface area (Å²) in [5.41, 5.74) is 0. The second-order valence-electron chi connectivity index (χ2n) is 6.09. The molecule has 8 nitrogen and oxygen atoms in total. The van der Waals surface area contributed by atoms with Gasteiger partial charge < -0.3 is 21.1 Å². The third-order valence-corrected chi connectivity index (χ3v) is 3.63. The van der Waals surface area contributed by atoms with Gasteiger partial charge in [0.05, 0.1) is 0 Å². The second kappa shape index (κ2) is 11.5. The van der Waals surface area contributed by atoms with Crippen LogP contribution in [0.3, 0.4) is 0 Å². The molecule has 0 aromatic heterocycles. The first-order valence-corrected chi connectivity index (χ1v) is 8.39. The quantitative estimate of drug-likeness (QED) is 0.285. The zero-order valence-corrected chi connectivity index (χ0v) is 15.2. The molecule has 0 unspecified atom stereocenters. The third kappa shape index (κ3) is 11.1. The molecule has 4 N–H and O–H groups in total. The topological polar surface area (TPSA) is 125 Å². The Kier molecular flexibility index (Phi) is 10.5. The molecule has 0 saturated carbocycles. The Bertz CT molecular complexity index is 594. The minimum absolute atomic E-state index is 0.0254. The van der Waals surface area contributed by atoms with Gasteiger partial charge in [-0.1, -0.05) is 6.92 Å². The summed E-state index contributed by atoms with van der Waals surface area (Å²) in [6, 6.07) is -1.42. The van der Waals surface area contributed by atoms with E-state index in [1.807, 2.05) is 0 Å². The van der Waals surface area contributed by atoms with Crippen LogP contribution in [0.2, 0.25) is 0 Å². The van der Waals surface area contributed by atoms with Crippen LogP contribution >= 0.6 is 0 Å². The Morgan fingerprint density at radius 1 is 0.828 bits per heavy atom. The Balaban J connectivity index is 4.30. The van der Waals surface area contributed by atoms with E-state index in [1.54, 1.807) is 10.6 Å². The molecule has 0 aromatic carbocycles. The summed E-state index contributed by atoms with van der Waals surface area (Å²) in [6.07, 6.45) is -10.4. The normalized spacial score (nSPS) is 13.9. The first-order chi connectivity index (χ1) is 13.2. The molecule has 0 fully saturated rings. The van der Waals surface area contributed by atoms with Crippen LogP contribution < -0.4 is 16.0 Å². The molecule has 2 atom stereocenters. The van der Waals surface area contributed by atoms with Crippen molar-refractivity contribution in [3.8, 4) is 0 Å². The predicted molar refractivity (Wildman–Crippen MR) is 85.3 cm³/mol. The van der Waals surface area contributed by atoms with E-state index in [1.165, 1.54) is 6.92 Å². The maximum Gasteiger partial charge on any atom is 0.471 e. The second-order valence-corrected chi connectivity index (χ2v) is 6.09. The number of hydrogen-bond donors (Lipinski definition) is 4. The molecule has 0 aliphatic heterocycles. The first-order valence-electron chi connectivity index (χ1n) is 8.39. The van der Waals surface area contributed by atoms with Crippen molar-refractivity contribution in [1.82, 2.24) is 16.0 Å². The number of carbonyl (C=O) groups is 4. The van der Waals surface area contributed by atoms with Crippen LogP contribution in [0.4, 0.5) is 26.3 Å². The average Bonchev–Trinajstić information content (AvgIpc) is 2.58. The summed E-state index contributed by atoms with van der Waals surface area (Å²) in [6.45, 7) is 0.604. The van der Waals surface area contributed by atoms with Crippen molar-refractivity contribution in [2.75, 3.05) is 13.1 Å². The van der Waals surface area contributed by atoms with Gasteiger partial charge in [0.2, 0.25) is 5.91 Å². The van der Waals surface area contributed by atoms with E-state index in [0.717, 1.165) is 0 Å². The maximum absolute atomic E-state index is 12.0. The summed E-state index contributed by atoms with van der Waals surface area (Å²) in [7, 11) is 0. The van der Waals surface area contributed by atoms with Gasteiger partial charge in [-0.2, -0.15) is 26.3 Å². The van der Waals surface area contributed by atoms with E-state index in [2.05, 4.69) is 5.32 Å². The summed E-state index contributed by atoms with van der Waals surface area (Å²) in [5, 5.41) is 14.4. The minimum Gasteiger partial charge on any atom is -0.480 e. The fraction of sp³-hybridized carbons (Fsp3) is 0.733.